The molecule has 0 bridgehead atoms. The Morgan fingerprint density at radius 3 is 2.47 bits per heavy atom. The molecule has 4 rings (SSSR count). The van der Waals surface area contributed by atoms with E-state index in [9.17, 15) is 9.59 Å². The fourth-order valence-electron chi connectivity index (χ4n) is 3.47. The van der Waals surface area contributed by atoms with Crippen LogP contribution in [-0.2, 0) is 10.2 Å². The summed E-state index contributed by atoms with van der Waals surface area (Å²) < 4.78 is 8.70. The summed E-state index contributed by atoms with van der Waals surface area (Å²) in [6, 6.07) is 19.9. The molecule has 0 saturated heterocycles. The van der Waals surface area contributed by atoms with Gasteiger partial charge in [0.2, 0.25) is 0 Å². The van der Waals surface area contributed by atoms with Gasteiger partial charge in [0.05, 0.1) is 17.1 Å². The van der Waals surface area contributed by atoms with Gasteiger partial charge in [-0.3, -0.25) is 9.59 Å². The van der Waals surface area contributed by atoms with Crippen LogP contribution in [0, 0.1) is 0 Å². The zero-order valence-corrected chi connectivity index (χ0v) is 23.1. The predicted molar refractivity (Wildman–Crippen MR) is 150 cm³/mol. The molecule has 1 amide bonds. The number of hydrogen-bond acceptors (Lipinski definition) is 5. The lowest BCUT2D eigenvalue weighted by Crippen LogP contribution is -2.29. The normalized spacial score (nSPS) is 11.7. The highest BCUT2D eigenvalue weighted by Crippen LogP contribution is 2.25. The second-order valence-corrected chi connectivity index (χ2v) is 10.9. The van der Waals surface area contributed by atoms with E-state index in [-0.39, 0.29) is 18.1 Å². The molecule has 4 aromatic rings. The van der Waals surface area contributed by atoms with Gasteiger partial charge in [-0.2, -0.15) is 9.78 Å². The Bertz CT molecular complexity index is 1510. The molecule has 0 saturated carbocycles. The first-order chi connectivity index (χ1) is 17.1. The van der Waals surface area contributed by atoms with Crippen LogP contribution in [0.5, 0.6) is 5.75 Å². The number of nitrogens with zero attached hydrogens (tertiary/aromatic N) is 3. The number of nitrogens with one attached hydrogen (secondary N) is 1. The summed E-state index contributed by atoms with van der Waals surface area (Å²) in [5.41, 5.74) is 1.17. The van der Waals surface area contributed by atoms with Crippen LogP contribution in [0.25, 0.3) is 10.9 Å². The number of benzene rings is 3. The molecular formula is C27H24Br2N4O3. The fraction of sp³-hybridized carbons (Fsp3) is 0.185. The van der Waals surface area contributed by atoms with Gasteiger partial charge in [0.15, 0.2) is 6.61 Å². The highest BCUT2D eigenvalue weighted by Gasteiger charge is 2.23. The monoisotopic (exact) mass is 610 g/mol. The highest BCUT2D eigenvalue weighted by molar-refractivity contribution is 9.10. The van der Waals surface area contributed by atoms with Gasteiger partial charge in [-0.15, -0.1) is 0 Å². The van der Waals surface area contributed by atoms with E-state index in [1.165, 1.54) is 10.9 Å². The molecule has 0 aliphatic carbocycles. The number of hydrogen-bond donors (Lipinski definition) is 1. The van der Waals surface area contributed by atoms with Crippen LogP contribution in [-0.4, -0.2) is 28.4 Å². The van der Waals surface area contributed by atoms with Crippen molar-refractivity contribution in [3.63, 3.8) is 0 Å². The summed E-state index contributed by atoms with van der Waals surface area (Å²) in [5.74, 6) is 0.688. The Kier molecular flexibility index (Phi) is 7.70. The summed E-state index contributed by atoms with van der Waals surface area (Å²) in [6.45, 7) is 5.75. The van der Waals surface area contributed by atoms with Crippen LogP contribution < -0.4 is 15.6 Å². The van der Waals surface area contributed by atoms with Crippen molar-refractivity contribution in [3.05, 3.63) is 97.4 Å². The summed E-state index contributed by atoms with van der Waals surface area (Å²) in [7, 11) is 0. The molecule has 3 aromatic carbocycles. The zero-order valence-electron chi connectivity index (χ0n) is 20.0. The molecule has 1 N–H and O–H groups in total. The summed E-state index contributed by atoms with van der Waals surface area (Å²) in [6.07, 6.45) is 1.54. The lowest BCUT2D eigenvalue weighted by atomic mass is 9.95. The molecule has 0 aliphatic heterocycles. The predicted octanol–water partition coefficient (Wildman–Crippen LogP) is 6.12. The number of para-hydroxylation sites is 1. The highest BCUT2D eigenvalue weighted by atomic mass is 79.9. The quantitative estimate of drug-likeness (QED) is 0.266. The molecule has 0 aliphatic rings. The van der Waals surface area contributed by atoms with Gasteiger partial charge in [-0.1, -0.05) is 70.8 Å². The average Bonchev–Trinajstić information content (AvgIpc) is 2.83. The number of ether oxygens (including phenoxy) is 1. The topological polar surface area (TPSA) is 85.6 Å². The number of anilines is 1. The molecule has 1 heterocycles. The lowest BCUT2D eigenvalue weighted by Gasteiger charge is -2.21. The van der Waals surface area contributed by atoms with Gasteiger partial charge in [0.25, 0.3) is 11.5 Å². The first kappa shape index (κ1) is 25.8. The van der Waals surface area contributed by atoms with Crippen LogP contribution in [0.2, 0.25) is 0 Å². The molecule has 9 heteroatoms. The first-order valence-electron chi connectivity index (χ1n) is 11.2. The summed E-state index contributed by atoms with van der Waals surface area (Å²) in [4.78, 5) is 30.5. The number of carbonyl (C=O) groups excluding carboxylic acids is 1. The number of halogens is 2. The van der Waals surface area contributed by atoms with Crippen molar-refractivity contribution in [2.45, 2.75) is 26.2 Å². The van der Waals surface area contributed by atoms with Crippen LogP contribution in [0.15, 0.2) is 85.6 Å². The maximum absolute atomic E-state index is 13.4. The lowest BCUT2D eigenvalue weighted by molar-refractivity contribution is -0.118. The average molecular weight is 612 g/mol. The van der Waals surface area contributed by atoms with Crippen molar-refractivity contribution in [2.75, 3.05) is 11.9 Å². The van der Waals surface area contributed by atoms with E-state index < -0.39 is 5.41 Å². The molecule has 184 valence electrons. The van der Waals surface area contributed by atoms with Gasteiger partial charge in [0, 0.05) is 25.6 Å². The van der Waals surface area contributed by atoms with Crippen LogP contribution in [0.1, 0.15) is 32.2 Å². The Labute approximate surface area is 225 Å². The van der Waals surface area contributed by atoms with Crippen molar-refractivity contribution < 1.29 is 9.53 Å². The molecule has 0 spiro atoms. The van der Waals surface area contributed by atoms with Crippen molar-refractivity contribution in [3.8, 4) is 5.75 Å². The van der Waals surface area contributed by atoms with Crippen LogP contribution >= 0.6 is 31.9 Å². The number of fused-ring (bicyclic) bond motifs is 1. The molecule has 36 heavy (non-hydrogen) atoms. The summed E-state index contributed by atoms with van der Waals surface area (Å²) in [5, 5.41) is 7.76. The third-order valence-corrected chi connectivity index (χ3v) is 6.17. The first-order valence-corrected chi connectivity index (χ1v) is 12.7. The second-order valence-electron chi connectivity index (χ2n) is 9.09. The smallest absolute Gasteiger partial charge is 0.282 e. The number of amides is 1. The molecule has 0 fully saturated rings. The molecule has 7 nitrogen and oxygen atoms in total. The Balaban J connectivity index is 1.66. The maximum Gasteiger partial charge on any atom is 0.282 e. The van der Waals surface area contributed by atoms with E-state index in [2.05, 4.69) is 42.3 Å². The Morgan fingerprint density at radius 1 is 1.06 bits per heavy atom. The minimum Gasteiger partial charge on any atom is -0.483 e. The van der Waals surface area contributed by atoms with E-state index in [0.717, 1.165) is 8.95 Å². The Morgan fingerprint density at radius 2 is 1.75 bits per heavy atom. The van der Waals surface area contributed by atoms with Gasteiger partial charge in [-0.05, 0) is 48.5 Å². The van der Waals surface area contributed by atoms with Crippen molar-refractivity contribution in [1.29, 1.82) is 0 Å². The zero-order chi connectivity index (χ0) is 25.9. The second kappa shape index (κ2) is 10.8. The van der Waals surface area contributed by atoms with E-state index in [4.69, 9.17) is 9.72 Å². The van der Waals surface area contributed by atoms with Gasteiger partial charge in [-0.25, -0.2) is 4.98 Å². The largest absolute Gasteiger partial charge is 0.483 e. The number of rotatable bonds is 6. The van der Waals surface area contributed by atoms with Crippen molar-refractivity contribution in [1.82, 2.24) is 9.66 Å². The molecule has 0 atom stereocenters. The van der Waals surface area contributed by atoms with E-state index in [1.807, 2.05) is 57.2 Å². The van der Waals surface area contributed by atoms with Crippen LogP contribution in [0.4, 0.5) is 5.69 Å². The third-order valence-electron chi connectivity index (χ3n) is 5.18. The number of carbonyl (C=O) groups is 1. The number of aromatic nitrogens is 2. The maximum atomic E-state index is 13.4. The van der Waals surface area contributed by atoms with Gasteiger partial charge < -0.3 is 10.1 Å². The van der Waals surface area contributed by atoms with E-state index >= 15 is 0 Å². The van der Waals surface area contributed by atoms with Gasteiger partial charge >= 0.3 is 0 Å². The van der Waals surface area contributed by atoms with Crippen LogP contribution in [0.3, 0.4) is 0 Å². The summed E-state index contributed by atoms with van der Waals surface area (Å²) >= 11 is 6.89. The van der Waals surface area contributed by atoms with E-state index in [1.54, 1.807) is 30.3 Å². The molecule has 0 radical (unpaired) electrons. The SMILES string of the molecule is CC(C)(C)c1nc2ccc(Br)cc2c(=O)n1N=Cc1cc(Br)ccc1OCC(=O)Nc1ccccc1. The standard InChI is InChI=1S/C27H24Br2N4O3/c1-27(2,3)26-32-22-11-9-19(29)14-21(22)25(35)33(26)30-15-17-13-18(28)10-12-23(17)36-16-24(34)31-20-7-5-4-6-8-20/h4-15H,16H2,1-3H3,(H,31,34). The van der Waals surface area contributed by atoms with E-state index in [0.29, 0.717) is 33.7 Å². The fourth-order valence-corrected chi connectivity index (χ4v) is 4.21. The van der Waals surface area contributed by atoms with Crippen molar-refractivity contribution >= 4 is 60.6 Å². The molecule has 0 unspecified atom stereocenters. The third kappa shape index (κ3) is 6.09. The molecule has 1 aromatic heterocycles. The molecular weight excluding hydrogens is 588 g/mol. The van der Waals surface area contributed by atoms with Gasteiger partial charge in [0.1, 0.15) is 11.6 Å². The Hall–Kier alpha value is -3.30. The minimum atomic E-state index is -0.441. The minimum absolute atomic E-state index is 0.184. The van der Waals surface area contributed by atoms with Crippen molar-refractivity contribution in [2.24, 2.45) is 5.10 Å².